The van der Waals surface area contributed by atoms with Crippen LogP contribution in [0.5, 0.6) is 11.5 Å². The summed E-state index contributed by atoms with van der Waals surface area (Å²) in [5, 5.41) is 6.24. The molecule has 138 valence electrons. The summed E-state index contributed by atoms with van der Waals surface area (Å²) in [6.07, 6.45) is 5.57. The van der Waals surface area contributed by atoms with Crippen LogP contribution in [0.3, 0.4) is 0 Å². The molecule has 1 heterocycles. The number of alkyl halides is 2. The average Bonchev–Trinajstić information content (AvgIpc) is 3.04. The van der Waals surface area contributed by atoms with Crippen LogP contribution in [0.15, 0.2) is 18.2 Å². The second-order valence-electron chi connectivity index (χ2n) is 6.68. The van der Waals surface area contributed by atoms with Gasteiger partial charge in [0.2, 0.25) is 5.91 Å². The molecule has 2 N–H and O–H groups in total. The Balaban J connectivity index is 1.61. The zero-order valence-corrected chi connectivity index (χ0v) is 14.3. The van der Waals surface area contributed by atoms with E-state index in [1.807, 2.05) is 0 Å². The monoisotopic (exact) mass is 354 g/mol. The van der Waals surface area contributed by atoms with E-state index in [4.69, 9.17) is 4.74 Å². The van der Waals surface area contributed by atoms with Crippen molar-refractivity contribution in [2.24, 2.45) is 5.92 Å². The van der Waals surface area contributed by atoms with E-state index in [0.29, 0.717) is 23.3 Å². The summed E-state index contributed by atoms with van der Waals surface area (Å²) >= 11 is 0. The molecule has 7 heteroatoms. The Kier molecular flexibility index (Phi) is 5.73. The lowest BCUT2D eigenvalue weighted by Crippen LogP contribution is -2.42. The molecule has 1 aromatic rings. The molecule has 3 unspecified atom stereocenters. The van der Waals surface area contributed by atoms with Gasteiger partial charge < -0.3 is 20.1 Å². The first-order valence-electron chi connectivity index (χ1n) is 8.72. The lowest BCUT2D eigenvalue weighted by Gasteiger charge is -2.24. The molecule has 1 amide bonds. The summed E-state index contributed by atoms with van der Waals surface area (Å²) in [7, 11) is 1.50. The van der Waals surface area contributed by atoms with E-state index in [0.717, 1.165) is 12.8 Å². The first-order chi connectivity index (χ1) is 12.1. The zero-order chi connectivity index (χ0) is 17.8. The highest BCUT2D eigenvalue weighted by molar-refractivity contribution is 5.82. The Bertz CT molecular complexity index is 598. The number of carbonyl (C=O) groups excluding carboxylic acids is 1. The molecular weight excluding hydrogens is 330 g/mol. The summed E-state index contributed by atoms with van der Waals surface area (Å²) in [6.45, 7) is -2.80. The van der Waals surface area contributed by atoms with Gasteiger partial charge >= 0.3 is 6.61 Å². The summed E-state index contributed by atoms with van der Waals surface area (Å²) in [5.74, 6) is 1.04. The number of amides is 1. The zero-order valence-electron chi connectivity index (χ0n) is 14.3. The van der Waals surface area contributed by atoms with E-state index < -0.39 is 6.61 Å². The van der Waals surface area contributed by atoms with Crippen molar-refractivity contribution in [1.82, 2.24) is 10.6 Å². The van der Waals surface area contributed by atoms with E-state index in [1.165, 1.54) is 32.4 Å². The Morgan fingerprint density at radius 3 is 2.88 bits per heavy atom. The third-order valence-electron chi connectivity index (χ3n) is 5.12. The number of benzene rings is 1. The maximum Gasteiger partial charge on any atom is 0.387 e. The number of carbonyl (C=O) groups is 1. The standard InChI is InChI=1S/C18H24F2N2O3/c1-24-13-6-7-16(25-18(19)20)12(8-13)10-21-17(23)15-9-11-4-2-3-5-14(11)22-15/h6-8,11,14-15,18,22H,2-5,9-10H2,1H3,(H,21,23). The second kappa shape index (κ2) is 7.99. The molecule has 0 aromatic heterocycles. The minimum atomic E-state index is -2.91. The number of hydrogen-bond acceptors (Lipinski definition) is 4. The largest absolute Gasteiger partial charge is 0.497 e. The molecule has 1 aromatic carbocycles. The summed E-state index contributed by atoms with van der Waals surface area (Å²) in [6, 6.07) is 4.79. The van der Waals surface area contributed by atoms with Crippen LogP contribution < -0.4 is 20.1 Å². The molecule has 2 aliphatic rings. The van der Waals surface area contributed by atoms with Gasteiger partial charge in [0.25, 0.3) is 0 Å². The van der Waals surface area contributed by atoms with Crippen LogP contribution in [0, 0.1) is 5.92 Å². The number of rotatable bonds is 6. The van der Waals surface area contributed by atoms with E-state index in [9.17, 15) is 13.6 Å². The maximum atomic E-state index is 12.5. The van der Waals surface area contributed by atoms with E-state index in [2.05, 4.69) is 15.4 Å². The number of halogens is 2. The van der Waals surface area contributed by atoms with Crippen LogP contribution in [0.25, 0.3) is 0 Å². The van der Waals surface area contributed by atoms with Gasteiger partial charge in [0, 0.05) is 18.2 Å². The van der Waals surface area contributed by atoms with Crippen molar-refractivity contribution in [2.45, 2.75) is 57.3 Å². The number of nitrogens with one attached hydrogen (secondary N) is 2. The molecular formula is C18H24F2N2O3. The molecule has 0 spiro atoms. The van der Waals surface area contributed by atoms with Crippen LogP contribution in [-0.4, -0.2) is 31.7 Å². The molecule has 1 saturated carbocycles. The van der Waals surface area contributed by atoms with Crippen molar-refractivity contribution in [3.63, 3.8) is 0 Å². The van der Waals surface area contributed by atoms with E-state index in [-0.39, 0.29) is 24.2 Å². The van der Waals surface area contributed by atoms with Gasteiger partial charge in [-0.25, -0.2) is 0 Å². The lowest BCUT2D eigenvalue weighted by molar-refractivity contribution is -0.123. The van der Waals surface area contributed by atoms with Crippen molar-refractivity contribution in [2.75, 3.05) is 7.11 Å². The quantitative estimate of drug-likeness (QED) is 0.825. The molecule has 1 aliphatic heterocycles. The predicted octanol–water partition coefficient (Wildman–Crippen LogP) is 2.83. The highest BCUT2D eigenvalue weighted by Gasteiger charge is 2.38. The minimum absolute atomic E-state index is 0.0455. The summed E-state index contributed by atoms with van der Waals surface area (Å²) in [4.78, 5) is 12.5. The number of fused-ring (bicyclic) bond motifs is 1. The Morgan fingerprint density at radius 2 is 2.16 bits per heavy atom. The van der Waals surface area contributed by atoms with Crippen molar-refractivity contribution in [3.8, 4) is 11.5 Å². The molecule has 3 rings (SSSR count). The van der Waals surface area contributed by atoms with Crippen molar-refractivity contribution in [1.29, 1.82) is 0 Å². The normalized spacial score (nSPS) is 25.5. The molecule has 1 aliphatic carbocycles. The van der Waals surface area contributed by atoms with Gasteiger partial charge in [0.15, 0.2) is 0 Å². The van der Waals surface area contributed by atoms with Crippen molar-refractivity contribution >= 4 is 5.91 Å². The fraction of sp³-hybridized carbons (Fsp3) is 0.611. The van der Waals surface area contributed by atoms with Crippen LogP contribution in [0.4, 0.5) is 8.78 Å². The van der Waals surface area contributed by atoms with Gasteiger partial charge in [0.1, 0.15) is 11.5 Å². The number of hydrogen-bond donors (Lipinski definition) is 2. The van der Waals surface area contributed by atoms with Crippen LogP contribution in [0.2, 0.25) is 0 Å². The SMILES string of the molecule is COc1ccc(OC(F)F)c(CNC(=O)C2CC3CCCCC3N2)c1. The minimum Gasteiger partial charge on any atom is -0.497 e. The molecule has 0 radical (unpaired) electrons. The van der Waals surface area contributed by atoms with Gasteiger partial charge in [-0.05, 0) is 43.4 Å². The Morgan fingerprint density at radius 1 is 1.36 bits per heavy atom. The lowest BCUT2D eigenvalue weighted by atomic mass is 9.85. The maximum absolute atomic E-state index is 12.5. The van der Waals surface area contributed by atoms with E-state index >= 15 is 0 Å². The smallest absolute Gasteiger partial charge is 0.387 e. The highest BCUT2D eigenvalue weighted by Crippen LogP contribution is 2.33. The summed E-state index contributed by atoms with van der Waals surface area (Å²) in [5.41, 5.74) is 0.461. The Hall–Kier alpha value is -1.89. The fourth-order valence-electron chi connectivity index (χ4n) is 3.86. The van der Waals surface area contributed by atoms with Crippen LogP contribution >= 0.6 is 0 Å². The van der Waals surface area contributed by atoms with Crippen molar-refractivity contribution < 1.29 is 23.0 Å². The van der Waals surface area contributed by atoms with Gasteiger partial charge in [-0.1, -0.05) is 12.8 Å². The molecule has 1 saturated heterocycles. The van der Waals surface area contributed by atoms with Gasteiger partial charge in [-0.3, -0.25) is 4.79 Å². The first kappa shape index (κ1) is 17.9. The predicted molar refractivity (Wildman–Crippen MR) is 88.8 cm³/mol. The average molecular weight is 354 g/mol. The van der Waals surface area contributed by atoms with E-state index in [1.54, 1.807) is 12.1 Å². The summed E-state index contributed by atoms with van der Waals surface area (Å²) < 4.78 is 34.7. The topological polar surface area (TPSA) is 59.6 Å². The third-order valence-corrected chi connectivity index (χ3v) is 5.12. The van der Waals surface area contributed by atoms with Crippen LogP contribution in [0.1, 0.15) is 37.7 Å². The molecule has 5 nitrogen and oxygen atoms in total. The number of ether oxygens (including phenoxy) is 2. The first-order valence-corrected chi connectivity index (χ1v) is 8.72. The van der Waals surface area contributed by atoms with Gasteiger partial charge in [-0.2, -0.15) is 8.78 Å². The number of methoxy groups -OCH3 is 1. The van der Waals surface area contributed by atoms with Crippen molar-refractivity contribution in [3.05, 3.63) is 23.8 Å². The molecule has 3 atom stereocenters. The second-order valence-corrected chi connectivity index (χ2v) is 6.68. The fourth-order valence-corrected chi connectivity index (χ4v) is 3.86. The van der Waals surface area contributed by atoms with Gasteiger partial charge in [-0.15, -0.1) is 0 Å². The third kappa shape index (κ3) is 4.39. The molecule has 2 fully saturated rings. The molecule has 0 bridgehead atoms. The van der Waals surface area contributed by atoms with Crippen LogP contribution in [-0.2, 0) is 11.3 Å². The highest BCUT2D eigenvalue weighted by atomic mass is 19.3. The Labute approximate surface area is 146 Å². The van der Waals surface area contributed by atoms with Gasteiger partial charge in [0.05, 0.1) is 13.2 Å². The molecule has 25 heavy (non-hydrogen) atoms.